The Kier molecular flexibility index (Phi) is 19.0. The van der Waals surface area contributed by atoms with Crippen LogP contribution in [0.2, 0.25) is 0 Å². The molecule has 1 amide bonds. The zero-order chi connectivity index (χ0) is 30.2. The van der Waals surface area contributed by atoms with Crippen molar-refractivity contribution in [2.75, 3.05) is 11.4 Å². The third-order valence-electron chi connectivity index (χ3n) is 7.31. The van der Waals surface area contributed by atoms with Gasteiger partial charge < -0.3 is 19.8 Å². The summed E-state index contributed by atoms with van der Waals surface area (Å²) in [5.41, 5.74) is 2.78. The molecule has 2 saturated carbocycles. The molecule has 1 aromatic heterocycles. The van der Waals surface area contributed by atoms with Crippen LogP contribution in [-0.4, -0.2) is 34.2 Å². The van der Waals surface area contributed by atoms with Crippen molar-refractivity contribution in [2.24, 2.45) is 16.3 Å². The summed E-state index contributed by atoms with van der Waals surface area (Å²) < 4.78 is 0. The molecular formula is C33H50N5O2U-. The molecule has 2 aliphatic rings. The van der Waals surface area contributed by atoms with Crippen molar-refractivity contribution >= 4 is 24.1 Å². The predicted octanol–water partition coefficient (Wildman–Crippen LogP) is 7.97. The van der Waals surface area contributed by atoms with E-state index in [4.69, 9.17) is 5.26 Å². The van der Waals surface area contributed by atoms with Crippen molar-refractivity contribution in [2.45, 2.75) is 112 Å². The van der Waals surface area contributed by atoms with Gasteiger partial charge in [0.2, 0.25) is 0 Å². The number of amides is 1. The minimum Gasteiger partial charge on any atom is -0.461 e. The number of aliphatic hydroxyl groups is 1. The van der Waals surface area contributed by atoms with Gasteiger partial charge in [-0.25, -0.2) is 0 Å². The van der Waals surface area contributed by atoms with Gasteiger partial charge in [0.25, 0.3) is 0 Å². The minimum absolute atomic E-state index is 0. The molecule has 1 heterocycles. The van der Waals surface area contributed by atoms with E-state index in [1.165, 1.54) is 62.5 Å². The van der Waals surface area contributed by atoms with E-state index in [9.17, 15) is 9.90 Å². The van der Waals surface area contributed by atoms with Crippen LogP contribution in [-0.2, 0) is 10.4 Å². The number of hydrogen-bond acceptors (Lipinski definition) is 6. The van der Waals surface area contributed by atoms with Gasteiger partial charge in [0.1, 0.15) is 5.60 Å². The quantitative estimate of drug-likeness (QED) is 0.174. The number of rotatable bonds is 7. The van der Waals surface area contributed by atoms with Crippen LogP contribution in [0.5, 0.6) is 0 Å². The Hall–Kier alpha value is -2.06. The Morgan fingerprint density at radius 2 is 1.76 bits per heavy atom. The van der Waals surface area contributed by atoms with Crippen LogP contribution < -0.4 is 4.90 Å². The Bertz CT molecular complexity index is 1070. The molecule has 0 bridgehead atoms. The summed E-state index contributed by atoms with van der Waals surface area (Å²) in [4.78, 5) is 25.4. The van der Waals surface area contributed by atoms with E-state index in [1.807, 2.05) is 46.2 Å². The number of aromatic nitrogens is 2. The summed E-state index contributed by atoms with van der Waals surface area (Å²) in [7, 11) is 0. The third-order valence-corrected chi connectivity index (χ3v) is 7.31. The van der Waals surface area contributed by atoms with Crippen LogP contribution in [0.1, 0.15) is 117 Å². The van der Waals surface area contributed by atoms with Crippen molar-refractivity contribution in [3.05, 3.63) is 47.4 Å². The number of nitrogens with zero attached hydrogens (tertiary/aromatic N) is 5. The van der Waals surface area contributed by atoms with Gasteiger partial charge in [-0.05, 0) is 114 Å². The first kappa shape index (κ1) is 38.9. The van der Waals surface area contributed by atoms with Gasteiger partial charge in [-0.1, -0.05) is 40.5 Å². The summed E-state index contributed by atoms with van der Waals surface area (Å²) in [5.74, 6) is 1.04. The van der Waals surface area contributed by atoms with Crippen LogP contribution in [0.4, 0.5) is 11.5 Å². The smallest absolute Gasteiger partial charge is 0.102 e. The number of anilines is 1. The maximum absolute atomic E-state index is 11.3. The molecule has 2 fully saturated rings. The Morgan fingerprint density at radius 3 is 2.15 bits per heavy atom. The molecule has 224 valence electrons. The number of unbranched alkanes of at least 4 members (excludes halogenated alkanes) is 1. The van der Waals surface area contributed by atoms with Crippen LogP contribution in [0, 0.1) is 60.7 Å². The van der Waals surface area contributed by atoms with Crippen molar-refractivity contribution in [1.29, 1.82) is 5.26 Å². The fourth-order valence-corrected chi connectivity index (χ4v) is 4.37. The molecular weight excluding hydrogens is 736 g/mol. The maximum Gasteiger partial charge on any atom is 0.102 e. The van der Waals surface area contributed by atoms with Gasteiger partial charge in [-0.3, -0.25) is 9.98 Å². The largest absolute Gasteiger partial charge is 0.461 e. The molecule has 0 saturated heterocycles. The number of aliphatic imine (C=N–C) groups is 1. The van der Waals surface area contributed by atoms with Gasteiger partial charge in [0.15, 0.2) is 0 Å². The second kappa shape index (κ2) is 20.0. The van der Waals surface area contributed by atoms with Gasteiger partial charge >= 0.3 is 0 Å². The first-order valence-electron chi connectivity index (χ1n) is 14.8. The van der Waals surface area contributed by atoms with E-state index in [2.05, 4.69) is 34.9 Å². The first-order valence-corrected chi connectivity index (χ1v) is 14.8. The molecule has 0 radical (unpaired) electrons. The van der Waals surface area contributed by atoms with Crippen LogP contribution in [0.25, 0.3) is 0 Å². The average Bonchev–Trinajstić information content (AvgIpc) is 3.73. The van der Waals surface area contributed by atoms with Gasteiger partial charge in [0.05, 0.1) is 29.4 Å². The Morgan fingerprint density at radius 1 is 1.15 bits per heavy atom. The number of nitriles is 1. The topological polar surface area (TPSA) is 102 Å². The minimum atomic E-state index is -1.02. The van der Waals surface area contributed by atoms with Crippen LogP contribution in [0.3, 0.4) is 0 Å². The molecule has 8 heteroatoms. The zero-order valence-electron chi connectivity index (χ0n) is 26.5. The second-order valence-electron chi connectivity index (χ2n) is 11.0. The van der Waals surface area contributed by atoms with Gasteiger partial charge in [-0.15, -0.1) is 0 Å². The monoisotopic (exact) mass is 786 g/mol. The van der Waals surface area contributed by atoms with Crippen LogP contribution in [0.15, 0.2) is 35.6 Å². The fourth-order valence-electron chi connectivity index (χ4n) is 4.37. The molecule has 0 aliphatic heterocycles. The van der Waals surface area contributed by atoms with E-state index < -0.39 is 5.60 Å². The first-order chi connectivity index (χ1) is 19.1. The van der Waals surface area contributed by atoms with E-state index in [1.54, 1.807) is 32.3 Å². The number of hydrogen-bond donors (Lipinski definition) is 1. The molecule has 7 nitrogen and oxygen atoms in total. The predicted molar refractivity (Wildman–Crippen MR) is 166 cm³/mol. The summed E-state index contributed by atoms with van der Waals surface area (Å²) >= 11 is 0. The number of aryl methyl sites for hydroxylation is 1. The molecule has 1 N–H and O–H groups in total. The van der Waals surface area contributed by atoms with E-state index in [0.29, 0.717) is 35.0 Å². The molecule has 4 rings (SSSR count). The van der Waals surface area contributed by atoms with Crippen molar-refractivity contribution < 1.29 is 41.0 Å². The third kappa shape index (κ3) is 13.6. The second-order valence-corrected chi connectivity index (χ2v) is 11.0. The average molecular weight is 787 g/mol. The maximum atomic E-state index is 11.3. The van der Waals surface area contributed by atoms with Gasteiger partial charge in [0, 0.05) is 49.3 Å². The van der Waals surface area contributed by atoms with Crippen molar-refractivity contribution in [3.8, 4) is 6.07 Å². The summed E-state index contributed by atoms with van der Waals surface area (Å²) in [6, 6.07) is 7.55. The normalized spacial score (nSPS) is 15.0. The van der Waals surface area contributed by atoms with E-state index in [0.717, 1.165) is 11.3 Å². The van der Waals surface area contributed by atoms with Crippen molar-refractivity contribution in [1.82, 2.24) is 9.97 Å². The number of carbonyl (C=O) groups excluding carboxylic acids is 1. The molecule has 2 aliphatic carbocycles. The summed E-state index contributed by atoms with van der Waals surface area (Å²) in [6.07, 6.45) is 17.2. The SMILES string of the molecule is CC.CC(C)(O)c1cnc(N([C-]=O)CC2CCC3(CC2)CC3)cn1.CC=Nc1ccc(C#N)cc1C.CCCC.[U]. The Balaban J connectivity index is 0.000000713. The summed E-state index contributed by atoms with van der Waals surface area (Å²) in [5, 5.41) is 18.5. The molecule has 2 aromatic rings. The van der Waals surface area contributed by atoms with Crippen molar-refractivity contribution in [3.63, 3.8) is 0 Å². The van der Waals surface area contributed by atoms with Crippen LogP contribution >= 0.6 is 0 Å². The van der Waals surface area contributed by atoms with E-state index >= 15 is 0 Å². The van der Waals surface area contributed by atoms with E-state index in [-0.39, 0.29) is 31.1 Å². The molecule has 0 atom stereocenters. The standard InChI is InChI=1S/C17H24N3O2.C10H10N2.C4H10.C2H6.U/c1-16(2,22)14-9-19-15(10-18-14)20(12-21)11-13-3-5-17(6-4-13)7-8-17;1-3-12-10-5-4-9(7-11)6-8(10)2;1-3-4-2;1-2;/h9-10,13,22H,3-8,11H2,1-2H3;3-6H,1-2H3;3-4H2,1-2H3;1-2H3;/q-1;;;;. The fraction of sp³-hybridized carbons (Fsp3) is 0.606. The zero-order valence-corrected chi connectivity index (χ0v) is 30.7. The molecule has 0 unspecified atom stereocenters. The van der Waals surface area contributed by atoms with Gasteiger partial charge in [-0.2, -0.15) is 5.26 Å². The molecule has 41 heavy (non-hydrogen) atoms. The Labute approximate surface area is 272 Å². The number of benzene rings is 1. The summed E-state index contributed by atoms with van der Waals surface area (Å²) in [6.45, 7) is 16.2. The molecule has 1 spiro atoms. The molecule has 1 aromatic carbocycles.